The quantitative estimate of drug-likeness (QED) is 0.439. The Labute approximate surface area is 204 Å². The lowest BCUT2D eigenvalue weighted by molar-refractivity contribution is 0.353. The molecular weight excluding hydrogens is 444 g/mol. The van der Waals surface area contributed by atoms with Gasteiger partial charge in [0.2, 0.25) is 0 Å². The molecule has 2 aromatic heterocycles. The van der Waals surface area contributed by atoms with Gasteiger partial charge in [-0.1, -0.05) is 6.07 Å². The second-order valence-corrected chi connectivity index (χ2v) is 8.34. The molecule has 0 spiro atoms. The summed E-state index contributed by atoms with van der Waals surface area (Å²) in [5.41, 5.74) is 12.1. The highest BCUT2D eigenvalue weighted by Crippen LogP contribution is 2.46. The van der Waals surface area contributed by atoms with Crippen LogP contribution in [0, 0.1) is 0 Å². The molecule has 0 saturated heterocycles. The fourth-order valence-corrected chi connectivity index (χ4v) is 4.76. The summed E-state index contributed by atoms with van der Waals surface area (Å²) in [6.07, 6.45) is 4.38. The third-order valence-electron chi connectivity index (χ3n) is 6.45. The summed E-state index contributed by atoms with van der Waals surface area (Å²) in [7, 11) is 6.55. The molecule has 2 aromatic carbocycles. The summed E-state index contributed by atoms with van der Waals surface area (Å²) >= 11 is 0. The van der Waals surface area contributed by atoms with Gasteiger partial charge in [-0.3, -0.25) is 4.98 Å². The first-order valence-corrected chi connectivity index (χ1v) is 11.3. The Morgan fingerprint density at radius 2 is 1.63 bits per heavy atom. The number of hydrogen-bond donors (Lipinski definition) is 1. The van der Waals surface area contributed by atoms with Gasteiger partial charge in [0.1, 0.15) is 5.82 Å². The summed E-state index contributed by atoms with van der Waals surface area (Å²) in [5, 5.41) is 0.809. The zero-order chi connectivity index (χ0) is 24.5. The molecule has 35 heavy (non-hydrogen) atoms. The van der Waals surface area contributed by atoms with Crippen LogP contribution in [0.3, 0.4) is 0 Å². The number of nitrogens with zero attached hydrogens (tertiary/aromatic N) is 3. The van der Waals surface area contributed by atoms with E-state index < -0.39 is 0 Å². The summed E-state index contributed by atoms with van der Waals surface area (Å²) in [6, 6.07) is 11.8. The first-order valence-electron chi connectivity index (χ1n) is 11.3. The highest BCUT2D eigenvalue weighted by atomic mass is 16.5. The minimum Gasteiger partial charge on any atom is -0.493 e. The van der Waals surface area contributed by atoms with Crippen LogP contribution in [0.5, 0.6) is 23.0 Å². The Kier molecular flexibility index (Phi) is 5.94. The van der Waals surface area contributed by atoms with E-state index in [0.717, 1.165) is 52.3 Å². The molecule has 0 saturated carbocycles. The number of methoxy groups -OCH3 is 4. The molecule has 3 heterocycles. The van der Waals surface area contributed by atoms with E-state index in [4.69, 9.17) is 29.7 Å². The molecule has 0 unspecified atom stereocenters. The van der Waals surface area contributed by atoms with Gasteiger partial charge in [0.15, 0.2) is 23.0 Å². The van der Waals surface area contributed by atoms with E-state index in [1.165, 1.54) is 11.1 Å². The van der Waals surface area contributed by atoms with Gasteiger partial charge >= 0.3 is 0 Å². The number of fused-ring (bicyclic) bond motifs is 2. The molecule has 5 rings (SSSR count). The van der Waals surface area contributed by atoms with Crippen LogP contribution in [0.4, 0.5) is 11.5 Å². The van der Waals surface area contributed by atoms with Crippen molar-refractivity contribution in [1.29, 1.82) is 0 Å². The van der Waals surface area contributed by atoms with Crippen LogP contribution in [0.25, 0.3) is 22.0 Å². The Morgan fingerprint density at radius 3 is 2.29 bits per heavy atom. The van der Waals surface area contributed by atoms with Gasteiger partial charge < -0.3 is 29.6 Å². The first kappa shape index (κ1) is 22.6. The normalized spacial score (nSPS) is 12.9. The van der Waals surface area contributed by atoms with Crippen LogP contribution in [0.15, 0.2) is 48.8 Å². The second kappa shape index (κ2) is 9.21. The number of hydrogen-bond acceptors (Lipinski definition) is 8. The largest absolute Gasteiger partial charge is 0.493 e. The van der Waals surface area contributed by atoms with Gasteiger partial charge in [0.05, 0.1) is 34.0 Å². The minimum absolute atomic E-state index is 0.587. The van der Waals surface area contributed by atoms with Crippen molar-refractivity contribution in [2.75, 3.05) is 45.6 Å². The summed E-state index contributed by atoms with van der Waals surface area (Å²) in [4.78, 5) is 11.5. The Hall–Kier alpha value is -4.20. The van der Waals surface area contributed by atoms with Crippen molar-refractivity contribution in [3.05, 3.63) is 59.9 Å². The molecule has 0 bridgehead atoms. The molecular formula is C27H28N4O4. The van der Waals surface area contributed by atoms with Crippen LogP contribution in [-0.2, 0) is 13.0 Å². The van der Waals surface area contributed by atoms with Gasteiger partial charge in [-0.05, 0) is 35.7 Å². The van der Waals surface area contributed by atoms with E-state index >= 15 is 0 Å². The molecule has 180 valence electrons. The standard InChI is InChI=1S/C27H28N4O4/c1-32-21-10-16-7-9-31(15-18(16)11-22(21)33-2)24-12-19(28)26-20(30-24)13-23(34-3)27(35-4)25(26)17-6-5-8-29-14-17/h5-6,8,10-14H,7,9,15H2,1-4H3,(H2,28,30). The van der Waals surface area contributed by atoms with E-state index in [1.807, 2.05) is 30.3 Å². The number of rotatable bonds is 6. The van der Waals surface area contributed by atoms with E-state index in [2.05, 4.69) is 16.0 Å². The van der Waals surface area contributed by atoms with Crippen molar-refractivity contribution in [3.63, 3.8) is 0 Å². The maximum Gasteiger partial charge on any atom is 0.169 e. The van der Waals surface area contributed by atoms with Crippen LogP contribution in [0.2, 0.25) is 0 Å². The molecule has 1 aliphatic rings. The Bertz CT molecular complexity index is 1390. The Balaban J connectivity index is 1.62. The molecule has 0 radical (unpaired) electrons. The lowest BCUT2D eigenvalue weighted by atomic mass is 9.97. The van der Waals surface area contributed by atoms with Gasteiger partial charge in [0, 0.05) is 59.8 Å². The summed E-state index contributed by atoms with van der Waals surface area (Å²) in [5.74, 6) is 3.46. The maximum absolute atomic E-state index is 6.68. The highest BCUT2D eigenvalue weighted by molar-refractivity contribution is 6.07. The first-order chi connectivity index (χ1) is 17.1. The minimum atomic E-state index is 0.587. The molecule has 0 atom stereocenters. The number of anilines is 2. The van der Waals surface area contributed by atoms with Gasteiger partial charge in [-0.2, -0.15) is 0 Å². The Morgan fingerprint density at radius 1 is 0.886 bits per heavy atom. The van der Waals surface area contributed by atoms with Crippen LogP contribution in [-0.4, -0.2) is 45.0 Å². The number of benzene rings is 2. The van der Waals surface area contributed by atoms with Crippen LogP contribution >= 0.6 is 0 Å². The topological polar surface area (TPSA) is 92.0 Å². The third-order valence-corrected chi connectivity index (χ3v) is 6.45. The van der Waals surface area contributed by atoms with Gasteiger partial charge in [0.25, 0.3) is 0 Å². The average Bonchev–Trinajstić information content (AvgIpc) is 2.91. The van der Waals surface area contributed by atoms with Crippen molar-refractivity contribution in [1.82, 2.24) is 9.97 Å². The zero-order valence-electron chi connectivity index (χ0n) is 20.3. The van der Waals surface area contributed by atoms with Crippen molar-refractivity contribution in [2.45, 2.75) is 13.0 Å². The van der Waals surface area contributed by atoms with Crippen LogP contribution < -0.4 is 29.6 Å². The predicted octanol–water partition coefficient (Wildman–Crippen LogP) is 4.48. The van der Waals surface area contributed by atoms with E-state index in [9.17, 15) is 0 Å². The monoisotopic (exact) mass is 472 g/mol. The van der Waals surface area contributed by atoms with Crippen molar-refractivity contribution in [3.8, 4) is 34.1 Å². The SMILES string of the molecule is COc1cc2c(cc1OC)CN(c1cc(N)c3c(-c4cccnc4)c(OC)c(OC)cc3n1)CC2. The number of aromatic nitrogens is 2. The molecule has 8 nitrogen and oxygen atoms in total. The maximum atomic E-state index is 6.68. The van der Waals surface area contributed by atoms with Gasteiger partial charge in [-0.25, -0.2) is 4.98 Å². The third kappa shape index (κ3) is 3.90. The van der Waals surface area contributed by atoms with Crippen LogP contribution in [0.1, 0.15) is 11.1 Å². The smallest absolute Gasteiger partial charge is 0.169 e. The number of nitrogen functional groups attached to an aromatic ring is 1. The van der Waals surface area contributed by atoms with Crippen molar-refractivity contribution >= 4 is 22.4 Å². The second-order valence-electron chi connectivity index (χ2n) is 8.34. The highest BCUT2D eigenvalue weighted by Gasteiger charge is 2.24. The summed E-state index contributed by atoms with van der Waals surface area (Å²) < 4.78 is 22.4. The lowest BCUT2D eigenvalue weighted by Gasteiger charge is -2.31. The molecule has 4 aromatic rings. The fourth-order valence-electron chi connectivity index (χ4n) is 4.76. The molecule has 2 N–H and O–H groups in total. The molecule has 0 aliphatic carbocycles. The van der Waals surface area contributed by atoms with Crippen molar-refractivity contribution < 1.29 is 18.9 Å². The number of nitrogens with two attached hydrogens (primary N) is 1. The fraction of sp³-hybridized carbons (Fsp3) is 0.259. The predicted molar refractivity (Wildman–Crippen MR) is 137 cm³/mol. The molecule has 0 amide bonds. The van der Waals surface area contributed by atoms with Gasteiger partial charge in [-0.15, -0.1) is 0 Å². The van der Waals surface area contributed by atoms with E-state index in [-0.39, 0.29) is 0 Å². The van der Waals surface area contributed by atoms with Crippen molar-refractivity contribution in [2.24, 2.45) is 0 Å². The number of pyridine rings is 2. The summed E-state index contributed by atoms with van der Waals surface area (Å²) in [6.45, 7) is 1.50. The zero-order valence-corrected chi connectivity index (χ0v) is 20.3. The number of ether oxygens (including phenoxy) is 4. The molecule has 1 aliphatic heterocycles. The van der Waals surface area contributed by atoms with E-state index in [1.54, 1.807) is 40.8 Å². The lowest BCUT2D eigenvalue weighted by Crippen LogP contribution is -2.31. The molecule has 0 fully saturated rings. The average molecular weight is 473 g/mol. The van der Waals surface area contributed by atoms with E-state index in [0.29, 0.717) is 23.7 Å². The molecule has 8 heteroatoms.